The Hall–Kier alpha value is -2.80. The van der Waals surface area contributed by atoms with Crippen LogP contribution in [0.4, 0.5) is 5.69 Å². The third-order valence-electron chi connectivity index (χ3n) is 3.23. The normalized spacial score (nSPS) is 10.5. The van der Waals surface area contributed by atoms with Crippen molar-refractivity contribution in [1.82, 2.24) is 14.9 Å². The van der Waals surface area contributed by atoms with Gasteiger partial charge in [-0.25, -0.2) is 0 Å². The van der Waals surface area contributed by atoms with E-state index < -0.39 is 5.97 Å². The summed E-state index contributed by atoms with van der Waals surface area (Å²) in [4.78, 5) is 16.9. The van der Waals surface area contributed by atoms with Gasteiger partial charge in [0.2, 0.25) is 11.5 Å². The predicted molar refractivity (Wildman–Crippen MR) is 91.7 cm³/mol. The van der Waals surface area contributed by atoms with Crippen molar-refractivity contribution in [1.29, 1.82) is 0 Å². The molecular weight excluding hydrogens is 324 g/mol. The molecule has 0 unspecified atom stereocenters. The van der Waals surface area contributed by atoms with Gasteiger partial charge in [0.25, 0.3) is 0 Å². The standard InChI is InChI=1S/C17H15N4O2S/c22-16(23)11-20(15-9-5-2-6-10-15)21-17(18-13-19-21)24-12-14-7-3-1-4-8-14/h1-10H,11-12H2,(H,22,23). The van der Waals surface area contributed by atoms with Crippen molar-refractivity contribution in [2.75, 3.05) is 11.6 Å². The maximum absolute atomic E-state index is 11.2. The van der Waals surface area contributed by atoms with Crippen LogP contribution < -0.4 is 5.01 Å². The Kier molecular flexibility index (Phi) is 5.12. The number of aliphatic carboxylic acids is 1. The lowest BCUT2D eigenvalue weighted by molar-refractivity contribution is -0.135. The summed E-state index contributed by atoms with van der Waals surface area (Å²) in [6.07, 6.45) is 2.57. The zero-order valence-corrected chi connectivity index (χ0v) is 13.6. The summed E-state index contributed by atoms with van der Waals surface area (Å²) < 4.78 is 0. The molecule has 1 N–H and O–H groups in total. The smallest absolute Gasteiger partial charge is 0.325 e. The topological polar surface area (TPSA) is 71.2 Å². The summed E-state index contributed by atoms with van der Waals surface area (Å²) in [5.74, 6) is -0.239. The number of aromatic nitrogens is 3. The molecule has 24 heavy (non-hydrogen) atoms. The zero-order valence-electron chi connectivity index (χ0n) is 12.7. The lowest BCUT2D eigenvalue weighted by Gasteiger charge is -2.23. The largest absolute Gasteiger partial charge is 0.480 e. The van der Waals surface area contributed by atoms with E-state index in [1.165, 1.54) is 16.6 Å². The van der Waals surface area contributed by atoms with Gasteiger partial charge in [0.15, 0.2) is 0 Å². The number of hydrogen-bond donors (Lipinski definition) is 1. The highest BCUT2D eigenvalue weighted by Crippen LogP contribution is 2.23. The molecule has 0 bridgehead atoms. The molecule has 3 aromatic rings. The molecule has 0 amide bonds. The molecule has 121 valence electrons. The summed E-state index contributed by atoms with van der Waals surface area (Å²) in [5.41, 5.74) is 1.88. The van der Waals surface area contributed by atoms with Crippen LogP contribution in [0.15, 0.2) is 65.8 Å². The van der Waals surface area contributed by atoms with E-state index in [0.717, 1.165) is 11.3 Å². The van der Waals surface area contributed by atoms with Crippen LogP contribution in [0.2, 0.25) is 0 Å². The van der Waals surface area contributed by atoms with E-state index in [9.17, 15) is 9.90 Å². The maximum atomic E-state index is 11.2. The van der Waals surface area contributed by atoms with E-state index in [1.807, 2.05) is 60.7 Å². The molecule has 1 heterocycles. The number of hydrogen-bond acceptors (Lipinski definition) is 5. The maximum Gasteiger partial charge on any atom is 0.325 e. The minimum Gasteiger partial charge on any atom is -0.480 e. The van der Waals surface area contributed by atoms with Gasteiger partial charge in [-0.1, -0.05) is 60.3 Å². The fourth-order valence-electron chi connectivity index (χ4n) is 2.16. The van der Waals surface area contributed by atoms with Crippen molar-refractivity contribution < 1.29 is 9.90 Å². The number of nitrogens with zero attached hydrogens (tertiary/aromatic N) is 4. The Morgan fingerprint density at radius 3 is 2.46 bits per heavy atom. The summed E-state index contributed by atoms with van der Waals surface area (Å²) in [6, 6.07) is 19.2. The second-order valence-corrected chi connectivity index (χ2v) is 5.89. The number of carboxylic acid groups (broad SMARTS) is 1. The molecule has 0 spiro atoms. The summed E-state index contributed by atoms with van der Waals surface area (Å²) in [7, 11) is 0. The van der Waals surface area contributed by atoms with Crippen LogP contribution in [-0.4, -0.2) is 32.5 Å². The predicted octanol–water partition coefficient (Wildman–Crippen LogP) is 2.72. The van der Waals surface area contributed by atoms with Gasteiger partial charge in [-0.15, -0.1) is 9.89 Å². The highest BCUT2D eigenvalue weighted by atomic mass is 32.2. The number of thioether (sulfide) groups is 1. The molecule has 0 aliphatic rings. The average molecular weight is 339 g/mol. The summed E-state index contributed by atoms with van der Waals surface area (Å²) in [5, 5.41) is 15.4. The van der Waals surface area contributed by atoms with E-state index in [-0.39, 0.29) is 6.54 Å². The fourth-order valence-corrected chi connectivity index (χ4v) is 3.01. The third-order valence-corrected chi connectivity index (χ3v) is 4.23. The molecule has 0 atom stereocenters. The van der Waals surface area contributed by atoms with Crippen molar-refractivity contribution >= 4 is 23.4 Å². The Bertz CT molecular complexity index is 793. The molecule has 0 aliphatic heterocycles. The molecular formula is C17H15N4O2S. The molecule has 7 heteroatoms. The van der Waals surface area contributed by atoms with Gasteiger partial charge in [-0.3, -0.25) is 9.80 Å². The van der Waals surface area contributed by atoms with Gasteiger partial charge >= 0.3 is 5.97 Å². The number of para-hydroxylation sites is 1. The Morgan fingerprint density at radius 2 is 1.79 bits per heavy atom. The van der Waals surface area contributed by atoms with Crippen molar-refractivity contribution in [2.45, 2.75) is 10.9 Å². The van der Waals surface area contributed by atoms with Crippen molar-refractivity contribution in [3.63, 3.8) is 0 Å². The van der Waals surface area contributed by atoms with Gasteiger partial charge in [0.1, 0.15) is 6.54 Å². The average Bonchev–Trinajstić information content (AvgIpc) is 3.08. The number of anilines is 1. The Morgan fingerprint density at radius 1 is 1.12 bits per heavy atom. The van der Waals surface area contributed by atoms with Gasteiger partial charge in [-0.2, -0.15) is 4.98 Å². The van der Waals surface area contributed by atoms with Crippen molar-refractivity contribution in [3.05, 3.63) is 72.6 Å². The molecule has 0 saturated carbocycles. The summed E-state index contributed by atoms with van der Waals surface area (Å²) >= 11 is 1.48. The van der Waals surface area contributed by atoms with Gasteiger partial charge in [-0.05, 0) is 17.7 Å². The molecule has 0 saturated heterocycles. The van der Waals surface area contributed by atoms with Crippen molar-refractivity contribution in [3.8, 4) is 0 Å². The van der Waals surface area contributed by atoms with E-state index in [4.69, 9.17) is 0 Å². The fraction of sp³-hybridized carbons (Fsp3) is 0.118. The first-order valence-corrected chi connectivity index (χ1v) is 8.27. The zero-order chi connectivity index (χ0) is 16.8. The number of rotatable bonds is 7. The lowest BCUT2D eigenvalue weighted by atomic mass is 10.2. The van der Waals surface area contributed by atoms with Crippen molar-refractivity contribution in [2.24, 2.45) is 0 Å². The van der Waals surface area contributed by atoms with E-state index >= 15 is 0 Å². The first-order valence-electron chi connectivity index (χ1n) is 7.28. The van der Waals surface area contributed by atoms with Crippen LogP contribution in [0, 0.1) is 6.33 Å². The first-order chi connectivity index (χ1) is 11.7. The van der Waals surface area contributed by atoms with Crippen LogP contribution in [0.1, 0.15) is 5.56 Å². The first kappa shape index (κ1) is 16.1. The van der Waals surface area contributed by atoms with Gasteiger partial charge < -0.3 is 5.11 Å². The van der Waals surface area contributed by atoms with Crippen LogP contribution in [0.25, 0.3) is 0 Å². The van der Waals surface area contributed by atoms with Crippen LogP contribution in [0.3, 0.4) is 0 Å². The second-order valence-electron chi connectivity index (χ2n) is 4.95. The summed E-state index contributed by atoms with van der Waals surface area (Å²) in [6.45, 7) is -0.222. The Labute approximate surface area is 143 Å². The minimum atomic E-state index is -0.951. The molecule has 1 aromatic heterocycles. The number of carbonyl (C=O) groups is 1. The molecule has 0 aliphatic carbocycles. The monoisotopic (exact) mass is 339 g/mol. The minimum absolute atomic E-state index is 0.222. The molecule has 0 fully saturated rings. The van der Waals surface area contributed by atoms with Crippen LogP contribution in [-0.2, 0) is 10.5 Å². The highest BCUT2D eigenvalue weighted by Gasteiger charge is 2.18. The number of carboxylic acids is 1. The quantitative estimate of drug-likeness (QED) is 0.668. The van der Waals surface area contributed by atoms with E-state index in [2.05, 4.69) is 16.4 Å². The van der Waals surface area contributed by atoms with Crippen LogP contribution in [0.5, 0.6) is 0 Å². The molecule has 1 radical (unpaired) electrons. The highest BCUT2D eigenvalue weighted by molar-refractivity contribution is 7.98. The SMILES string of the molecule is O=C(O)CN(c1ccccc1)n1n[c]nc1SCc1ccccc1. The van der Waals surface area contributed by atoms with Gasteiger partial charge in [0, 0.05) is 5.75 Å². The molecule has 3 rings (SSSR count). The second kappa shape index (κ2) is 7.65. The Balaban J connectivity index is 1.84. The van der Waals surface area contributed by atoms with Crippen LogP contribution >= 0.6 is 11.8 Å². The van der Waals surface area contributed by atoms with E-state index in [0.29, 0.717) is 10.9 Å². The van der Waals surface area contributed by atoms with E-state index in [1.54, 1.807) is 5.01 Å². The van der Waals surface area contributed by atoms with Gasteiger partial charge in [0.05, 0.1) is 5.69 Å². The molecule has 6 nitrogen and oxygen atoms in total. The molecule has 2 aromatic carbocycles. The third kappa shape index (κ3) is 3.94. The number of benzene rings is 2. The lowest BCUT2D eigenvalue weighted by Crippen LogP contribution is -2.36.